The Bertz CT molecular complexity index is 1100. The van der Waals surface area contributed by atoms with Gasteiger partial charge in [0, 0.05) is 43.6 Å². The van der Waals surface area contributed by atoms with Crippen molar-refractivity contribution >= 4 is 11.9 Å². The van der Waals surface area contributed by atoms with Gasteiger partial charge in [-0.25, -0.2) is 0 Å². The van der Waals surface area contributed by atoms with Gasteiger partial charge < -0.3 is 14.5 Å². The zero-order valence-electron chi connectivity index (χ0n) is 22.7. The predicted molar refractivity (Wildman–Crippen MR) is 147 cm³/mol. The fourth-order valence-corrected chi connectivity index (χ4v) is 6.86. The molecule has 3 fully saturated rings. The summed E-state index contributed by atoms with van der Waals surface area (Å²) in [7, 11) is 0. The fraction of sp³-hybridized carbons (Fsp3) is 0.562. The van der Waals surface area contributed by atoms with Crippen LogP contribution in [-0.4, -0.2) is 53.9 Å². The van der Waals surface area contributed by atoms with Crippen LogP contribution in [0.15, 0.2) is 54.6 Å². The van der Waals surface area contributed by atoms with Gasteiger partial charge in [-0.2, -0.15) is 0 Å². The van der Waals surface area contributed by atoms with Crippen molar-refractivity contribution in [2.24, 2.45) is 17.8 Å². The van der Waals surface area contributed by atoms with E-state index in [9.17, 15) is 9.59 Å². The second kappa shape index (κ2) is 11.0. The molecule has 0 bridgehead atoms. The van der Waals surface area contributed by atoms with Crippen LogP contribution in [0, 0.1) is 17.8 Å². The van der Waals surface area contributed by atoms with E-state index in [1.54, 1.807) is 0 Å². The molecule has 0 radical (unpaired) electrons. The number of carbonyl (C=O) groups excluding carboxylic acids is 2. The average molecular weight is 503 g/mol. The number of nitrogens with zero attached hydrogens (tertiary/aromatic N) is 2. The molecule has 1 amide bonds. The maximum atomic E-state index is 13.8. The van der Waals surface area contributed by atoms with Crippen LogP contribution in [0.1, 0.15) is 75.2 Å². The summed E-state index contributed by atoms with van der Waals surface area (Å²) < 4.78 is 5.51. The lowest BCUT2D eigenvalue weighted by molar-refractivity contribution is -0.131. The van der Waals surface area contributed by atoms with Crippen LogP contribution in [-0.2, 0) is 10.2 Å². The number of likely N-dealkylation sites (tertiary alicyclic amines) is 1. The van der Waals surface area contributed by atoms with E-state index in [0.717, 1.165) is 56.8 Å². The summed E-state index contributed by atoms with van der Waals surface area (Å²) in [6.07, 6.45) is 6.96. The summed E-state index contributed by atoms with van der Waals surface area (Å²) >= 11 is 0. The Balaban J connectivity index is 1.47. The van der Waals surface area contributed by atoms with Gasteiger partial charge in [-0.15, -0.1) is 0 Å². The lowest BCUT2D eigenvalue weighted by atomic mass is 9.57. The van der Waals surface area contributed by atoms with Gasteiger partial charge in [-0.3, -0.25) is 9.59 Å². The molecule has 198 valence electrons. The van der Waals surface area contributed by atoms with Crippen molar-refractivity contribution in [1.29, 1.82) is 0 Å². The molecule has 2 aromatic carbocycles. The second-order valence-corrected chi connectivity index (χ2v) is 12.1. The summed E-state index contributed by atoms with van der Waals surface area (Å²) in [4.78, 5) is 30.4. The van der Waals surface area contributed by atoms with Gasteiger partial charge in [0.05, 0.1) is 0 Å². The first-order valence-corrected chi connectivity index (χ1v) is 14.2. The molecule has 2 aliphatic carbocycles. The van der Waals surface area contributed by atoms with Crippen molar-refractivity contribution in [2.45, 2.75) is 70.8 Å². The van der Waals surface area contributed by atoms with Gasteiger partial charge in [0.15, 0.2) is 0 Å². The third-order valence-electron chi connectivity index (χ3n) is 8.75. The summed E-state index contributed by atoms with van der Waals surface area (Å²) in [6, 6.07) is 18.2. The van der Waals surface area contributed by atoms with Crippen molar-refractivity contribution in [3.05, 3.63) is 65.7 Å². The molecule has 5 heteroatoms. The minimum atomic E-state index is -0.288. The van der Waals surface area contributed by atoms with E-state index in [1.807, 2.05) is 42.5 Å². The summed E-state index contributed by atoms with van der Waals surface area (Å²) in [6.45, 7) is 10.1. The average Bonchev–Trinajstić information content (AvgIpc) is 3.71. The van der Waals surface area contributed by atoms with Gasteiger partial charge >= 0.3 is 5.97 Å². The van der Waals surface area contributed by atoms with E-state index in [1.165, 1.54) is 31.9 Å². The lowest BCUT2D eigenvalue weighted by Crippen LogP contribution is -2.57. The molecule has 3 aliphatic rings. The first-order valence-electron chi connectivity index (χ1n) is 14.2. The lowest BCUT2D eigenvalue weighted by Gasteiger charge is -2.55. The number of carbonyl (C=O) groups is 2. The molecule has 2 saturated carbocycles. The van der Waals surface area contributed by atoms with Crippen molar-refractivity contribution in [1.82, 2.24) is 9.80 Å². The van der Waals surface area contributed by atoms with E-state index in [-0.39, 0.29) is 23.3 Å². The Labute approximate surface area is 222 Å². The molecule has 0 aromatic heterocycles. The Morgan fingerprint density at radius 3 is 2.54 bits per heavy atom. The molecule has 0 N–H and O–H groups in total. The Hall–Kier alpha value is -2.66. The smallest absolute Gasteiger partial charge is 0.308 e. The zero-order valence-corrected chi connectivity index (χ0v) is 22.7. The highest BCUT2D eigenvalue weighted by Crippen LogP contribution is 2.51. The van der Waals surface area contributed by atoms with E-state index in [2.05, 4.69) is 35.8 Å². The van der Waals surface area contributed by atoms with Gasteiger partial charge in [0.2, 0.25) is 0 Å². The Kier molecular flexibility index (Phi) is 7.71. The van der Waals surface area contributed by atoms with Gasteiger partial charge in [-0.05, 0) is 92.7 Å². The monoisotopic (exact) mass is 502 g/mol. The van der Waals surface area contributed by atoms with Crippen LogP contribution in [0.5, 0.6) is 5.75 Å². The number of fused-ring (bicyclic) bond motifs is 1. The third kappa shape index (κ3) is 5.93. The molecule has 5 rings (SSSR count). The predicted octanol–water partition coefficient (Wildman–Crippen LogP) is 5.93. The minimum Gasteiger partial charge on any atom is -0.427 e. The quantitative estimate of drug-likeness (QED) is 0.331. The maximum absolute atomic E-state index is 13.8. The zero-order chi connectivity index (χ0) is 26.0. The number of esters is 1. The first kappa shape index (κ1) is 26.0. The van der Waals surface area contributed by atoms with E-state index >= 15 is 0 Å². The highest BCUT2D eigenvalue weighted by atomic mass is 16.5. The molecule has 2 aromatic rings. The Morgan fingerprint density at radius 1 is 1.05 bits per heavy atom. The molecular formula is C32H42N2O3. The van der Waals surface area contributed by atoms with Crippen molar-refractivity contribution < 1.29 is 14.3 Å². The fourth-order valence-electron chi connectivity index (χ4n) is 6.86. The number of rotatable bonds is 8. The van der Waals surface area contributed by atoms with E-state index < -0.39 is 0 Å². The molecule has 3 unspecified atom stereocenters. The van der Waals surface area contributed by atoms with E-state index in [4.69, 9.17) is 4.74 Å². The number of piperidine rings is 1. The number of hydrogen-bond acceptors (Lipinski definition) is 4. The molecule has 37 heavy (non-hydrogen) atoms. The van der Waals surface area contributed by atoms with Crippen molar-refractivity contribution in [2.75, 3.05) is 26.2 Å². The second-order valence-electron chi connectivity index (χ2n) is 12.1. The van der Waals surface area contributed by atoms with Gasteiger partial charge in [0.1, 0.15) is 5.75 Å². The summed E-state index contributed by atoms with van der Waals surface area (Å²) in [5, 5.41) is 0. The molecule has 1 saturated heterocycles. The van der Waals surface area contributed by atoms with E-state index in [0.29, 0.717) is 17.6 Å². The van der Waals surface area contributed by atoms with Crippen molar-refractivity contribution in [3.63, 3.8) is 0 Å². The maximum Gasteiger partial charge on any atom is 0.308 e. The van der Waals surface area contributed by atoms with Crippen LogP contribution in [0.3, 0.4) is 0 Å². The van der Waals surface area contributed by atoms with Crippen LogP contribution in [0.25, 0.3) is 0 Å². The van der Waals surface area contributed by atoms with Crippen LogP contribution < -0.4 is 4.74 Å². The minimum absolute atomic E-state index is 0.0225. The molecule has 0 spiro atoms. The topological polar surface area (TPSA) is 49.9 Å². The summed E-state index contributed by atoms with van der Waals surface area (Å²) in [5.41, 5.74) is 2.02. The molecular weight excluding hydrogens is 460 g/mol. The van der Waals surface area contributed by atoms with Gasteiger partial charge in [-0.1, -0.05) is 44.2 Å². The Morgan fingerprint density at radius 2 is 1.84 bits per heavy atom. The standard InChI is InChI=1S/C32H42N2O3/c1-23(2)20-34(31(36)26-8-5-4-6-9-26)29-15-14-28-22-33(21-25-12-13-25)17-16-32(28,19-29)27-10-7-11-30(18-27)37-24(3)35/h4-11,18,23,25,28-29H,12-17,19-22H2,1-3H3. The van der Waals surface area contributed by atoms with Crippen molar-refractivity contribution in [3.8, 4) is 5.75 Å². The van der Waals surface area contributed by atoms with Crippen LogP contribution in [0.2, 0.25) is 0 Å². The van der Waals surface area contributed by atoms with Crippen LogP contribution >= 0.6 is 0 Å². The number of ether oxygens (including phenoxy) is 1. The third-order valence-corrected chi connectivity index (χ3v) is 8.75. The number of benzene rings is 2. The molecule has 1 heterocycles. The largest absolute Gasteiger partial charge is 0.427 e. The first-order chi connectivity index (χ1) is 17.8. The highest BCUT2D eigenvalue weighted by Gasteiger charge is 2.50. The van der Waals surface area contributed by atoms with Gasteiger partial charge in [0.25, 0.3) is 5.91 Å². The summed E-state index contributed by atoms with van der Waals surface area (Å²) in [5.74, 6) is 2.31. The number of amides is 1. The molecule has 1 aliphatic heterocycles. The normalized spacial score (nSPS) is 25.9. The highest BCUT2D eigenvalue weighted by molar-refractivity contribution is 5.94. The SMILES string of the molecule is CC(=O)Oc1cccc(C23CCN(CC4CC4)CC2CCC(N(CC(C)C)C(=O)c2ccccc2)C3)c1. The molecule has 5 nitrogen and oxygen atoms in total. The number of hydrogen-bond donors (Lipinski definition) is 0. The van der Waals surface area contributed by atoms with Crippen LogP contribution in [0.4, 0.5) is 0 Å². The molecule has 3 atom stereocenters.